The summed E-state index contributed by atoms with van der Waals surface area (Å²) < 4.78 is 5.39. The molecule has 2 amide bonds. The van der Waals surface area contributed by atoms with Crippen LogP contribution < -0.4 is 10.1 Å². The number of nitrogens with zero attached hydrogens (tertiary/aromatic N) is 2. The fraction of sp³-hybridized carbons (Fsp3) is 0.286. The number of ether oxygens (including phenoxy) is 1. The first-order valence-corrected chi connectivity index (χ1v) is 9.51. The highest BCUT2D eigenvalue weighted by atomic mass is 16.5. The number of aromatic amines is 1. The van der Waals surface area contributed by atoms with E-state index in [1.165, 1.54) is 0 Å². The van der Waals surface area contributed by atoms with E-state index >= 15 is 0 Å². The fourth-order valence-electron chi connectivity index (χ4n) is 3.97. The molecule has 7 heteroatoms. The zero-order valence-corrected chi connectivity index (χ0v) is 15.3. The molecule has 2 aliphatic rings. The minimum Gasteiger partial charge on any atom is -0.482 e. The van der Waals surface area contributed by atoms with E-state index in [2.05, 4.69) is 10.3 Å². The van der Waals surface area contributed by atoms with Gasteiger partial charge in [0.1, 0.15) is 11.6 Å². The van der Waals surface area contributed by atoms with Gasteiger partial charge in [-0.25, -0.2) is 4.98 Å². The maximum Gasteiger partial charge on any atom is 0.262 e. The third-order valence-corrected chi connectivity index (χ3v) is 5.35. The van der Waals surface area contributed by atoms with Crippen molar-refractivity contribution in [3.63, 3.8) is 0 Å². The Hall–Kier alpha value is -3.35. The van der Waals surface area contributed by atoms with Crippen molar-refractivity contribution in [1.82, 2.24) is 14.9 Å². The highest BCUT2D eigenvalue weighted by Crippen LogP contribution is 2.34. The van der Waals surface area contributed by atoms with Crippen LogP contribution in [0.25, 0.3) is 11.0 Å². The Morgan fingerprint density at radius 3 is 2.96 bits per heavy atom. The fourth-order valence-corrected chi connectivity index (χ4v) is 3.97. The number of nitrogens with one attached hydrogen (secondary N) is 2. The first-order valence-electron chi connectivity index (χ1n) is 9.51. The number of benzene rings is 2. The summed E-state index contributed by atoms with van der Waals surface area (Å²) in [6, 6.07) is 13.0. The van der Waals surface area contributed by atoms with Crippen molar-refractivity contribution in [1.29, 1.82) is 0 Å². The van der Waals surface area contributed by atoms with E-state index in [1.807, 2.05) is 29.2 Å². The van der Waals surface area contributed by atoms with Crippen LogP contribution in [0.4, 0.5) is 5.69 Å². The van der Waals surface area contributed by atoms with E-state index in [1.54, 1.807) is 18.2 Å². The summed E-state index contributed by atoms with van der Waals surface area (Å²) in [6.45, 7) is 0.682. The van der Waals surface area contributed by atoms with Crippen LogP contribution in [-0.4, -0.2) is 39.8 Å². The second kappa shape index (κ2) is 6.67. The predicted octanol–water partition coefficient (Wildman–Crippen LogP) is 3.26. The first kappa shape index (κ1) is 16.8. The largest absolute Gasteiger partial charge is 0.482 e. The minimum absolute atomic E-state index is 0.000541. The van der Waals surface area contributed by atoms with Crippen LogP contribution in [0.5, 0.6) is 5.75 Å². The average molecular weight is 376 g/mol. The quantitative estimate of drug-likeness (QED) is 0.719. The van der Waals surface area contributed by atoms with Gasteiger partial charge in [-0.15, -0.1) is 0 Å². The molecule has 142 valence electrons. The lowest BCUT2D eigenvalue weighted by atomic mass is 10.00. The number of likely N-dealkylation sites (tertiary alicyclic amines) is 1. The first-order chi connectivity index (χ1) is 13.7. The van der Waals surface area contributed by atoms with Crippen molar-refractivity contribution in [2.24, 2.45) is 0 Å². The van der Waals surface area contributed by atoms with E-state index < -0.39 is 0 Å². The van der Waals surface area contributed by atoms with Crippen molar-refractivity contribution >= 4 is 28.5 Å². The summed E-state index contributed by atoms with van der Waals surface area (Å²) in [7, 11) is 0. The molecule has 3 aromatic rings. The lowest BCUT2D eigenvalue weighted by Crippen LogP contribution is -2.39. The number of rotatable bonds is 2. The molecule has 1 atom stereocenters. The molecular weight excluding hydrogens is 356 g/mol. The third-order valence-electron chi connectivity index (χ3n) is 5.35. The molecule has 2 aliphatic heterocycles. The number of anilines is 1. The topological polar surface area (TPSA) is 87.3 Å². The van der Waals surface area contributed by atoms with Gasteiger partial charge in [0.25, 0.3) is 11.8 Å². The lowest BCUT2D eigenvalue weighted by Gasteiger charge is -2.34. The van der Waals surface area contributed by atoms with Crippen LogP contribution in [0.1, 0.15) is 41.5 Å². The molecule has 7 nitrogen and oxygen atoms in total. The SMILES string of the molecule is O=C1COc2ccc(C(=O)N3CCCC[C@@H]3c3nc4ccccc4[nH]3)cc2N1. The number of hydrogen-bond donors (Lipinski definition) is 2. The van der Waals surface area contributed by atoms with Crippen molar-refractivity contribution in [3.8, 4) is 5.75 Å². The van der Waals surface area contributed by atoms with Gasteiger partial charge in [-0.2, -0.15) is 0 Å². The molecule has 0 unspecified atom stereocenters. The molecule has 2 aromatic carbocycles. The summed E-state index contributed by atoms with van der Waals surface area (Å²) in [4.78, 5) is 34.9. The van der Waals surface area contributed by atoms with Crippen molar-refractivity contribution in [2.75, 3.05) is 18.5 Å². The number of hydrogen-bond acceptors (Lipinski definition) is 4. The van der Waals surface area contributed by atoms with Gasteiger partial charge in [-0.3, -0.25) is 9.59 Å². The number of imidazole rings is 1. The number of fused-ring (bicyclic) bond motifs is 2. The monoisotopic (exact) mass is 376 g/mol. The Labute approximate surface area is 161 Å². The molecule has 5 rings (SSSR count). The summed E-state index contributed by atoms with van der Waals surface area (Å²) >= 11 is 0. The predicted molar refractivity (Wildman–Crippen MR) is 104 cm³/mol. The Morgan fingerprint density at radius 1 is 1.18 bits per heavy atom. The third kappa shape index (κ3) is 2.89. The van der Waals surface area contributed by atoms with Gasteiger partial charge in [0, 0.05) is 12.1 Å². The van der Waals surface area contributed by atoms with Crippen molar-refractivity contribution in [2.45, 2.75) is 25.3 Å². The molecule has 1 saturated heterocycles. The molecule has 0 aliphatic carbocycles. The van der Waals surface area contributed by atoms with Crippen LogP contribution in [0.15, 0.2) is 42.5 Å². The van der Waals surface area contributed by atoms with Gasteiger partial charge < -0.3 is 19.9 Å². The number of carbonyl (C=O) groups is 2. The van der Waals surface area contributed by atoms with Crippen LogP contribution in [0.3, 0.4) is 0 Å². The molecule has 0 saturated carbocycles. The number of aromatic nitrogens is 2. The molecule has 28 heavy (non-hydrogen) atoms. The van der Waals surface area contributed by atoms with E-state index in [0.29, 0.717) is 23.5 Å². The summed E-state index contributed by atoms with van der Waals surface area (Å²) in [5, 5.41) is 2.77. The van der Waals surface area contributed by atoms with E-state index in [0.717, 1.165) is 36.1 Å². The molecule has 0 spiro atoms. The van der Waals surface area contributed by atoms with Crippen molar-refractivity contribution < 1.29 is 14.3 Å². The summed E-state index contributed by atoms with van der Waals surface area (Å²) in [5.74, 6) is 1.13. The van der Waals surface area contributed by atoms with Gasteiger partial charge in [0.2, 0.25) is 0 Å². The van der Waals surface area contributed by atoms with Crippen molar-refractivity contribution in [3.05, 3.63) is 53.9 Å². The van der Waals surface area contributed by atoms with Crippen LogP contribution in [0.2, 0.25) is 0 Å². The molecule has 3 heterocycles. The van der Waals surface area contributed by atoms with Gasteiger partial charge in [0.05, 0.1) is 22.8 Å². The number of amides is 2. The highest BCUT2D eigenvalue weighted by molar-refractivity contribution is 6.00. The zero-order chi connectivity index (χ0) is 19.1. The standard InChI is InChI=1S/C21H20N4O3/c26-19-12-28-18-9-8-13(11-16(18)22-19)21(27)25-10-4-3-7-17(25)20-23-14-5-1-2-6-15(14)24-20/h1-2,5-6,8-9,11,17H,3-4,7,10,12H2,(H,22,26)(H,23,24)/t17-/m1/s1. The Morgan fingerprint density at radius 2 is 2.07 bits per heavy atom. The summed E-state index contributed by atoms with van der Waals surface area (Å²) in [6.07, 6.45) is 2.89. The Balaban J connectivity index is 1.47. The zero-order valence-electron chi connectivity index (χ0n) is 15.3. The number of para-hydroxylation sites is 2. The van der Waals surface area contributed by atoms with Gasteiger partial charge in [-0.1, -0.05) is 12.1 Å². The van der Waals surface area contributed by atoms with Gasteiger partial charge in [0.15, 0.2) is 6.61 Å². The summed E-state index contributed by atoms with van der Waals surface area (Å²) in [5.41, 5.74) is 2.96. The maximum absolute atomic E-state index is 13.3. The molecular formula is C21H20N4O3. The Kier molecular flexibility index (Phi) is 4.00. The number of piperidine rings is 1. The molecule has 0 radical (unpaired) electrons. The van der Waals surface area contributed by atoms with Crippen LogP contribution >= 0.6 is 0 Å². The maximum atomic E-state index is 13.3. The smallest absolute Gasteiger partial charge is 0.262 e. The second-order valence-corrected chi connectivity index (χ2v) is 7.20. The molecule has 1 fully saturated rings. The molecule has 1 aromatic heterocycles. The molecule has 2 N–H and O–H groups in total. The van der Waals surface area contributed by atoms with Gasteiger partial charge in [-0.05, 0) is 49.6 Å². The Bertz CT molecular complexity index is 1040. The lowest BCUT2D eigenvalue weighted by molar-refractivity contribution is -0.118. The van der Waals surface area contributed by atoms with E-state index in [-0.39, 0.29) is 24.5 Å². The average Bonchev–Trinajstić information content (AvgIpc) is 3.17. The van der Waals surface area contributed by atoms with E-state index in [4.69, 9.17) is 9.72 Å². The van der Waals surface area contributed by atoms with Crippen LogP contribution in [0, 0.1) is 0 Å². The molecule has 0 bridgehead atoms. The number of H-pyrrole nitrogens is 1. The van der Waals surface area contributed by atoms with E-state index in [9.17, 15) is 9.59 Å². The second-order valence-electron chi connectivity index (χ2n) is 7.20. The van der Waals surface area contributed by atoms with Crippen LogP contribution in [-0.2, 0) is 4.79 Å². The normalized spacial score (nSPS) is 19.1. The minimum atomic E-state index is -0.213. The number of carbonyl (C=O) groups excluding carboxylic acids is 2. The van der Waals surface area contributed by atoms with Gasteiger partial charge >= 0.3 is 0 Å². The highest BCUT2D eigenvalue weighted by Gasteiger charge is 2.31.